The number of benzene rings is 1. The molecule has 0 saturated carbocycles. The third kappa shape index (κ3) is 3.99. The lowest BCUT2D eigenvalue weighted by atomic mass is 10.1. The molecular formula is C18H29N5O. The summed E-state index contributed by atoms with van der Waals surface area (Å²) in [5.41, 5.74) is 2.34. The zero-order valence-corrected chi connectivity index (χ0v) is 15.0. The fourth-order valence-corrected chi connectivity index (χ4v) is 3.53. The minimum Gasteiger partial charge on any atom is -0.496 e. The smallest absolute Gasteiger partial charge is 0.191 e. The highest BCUT2D eigenvalue weighted by molar-refractivity contribution is 5.79. The molecule has 0 amide bonds. The van der Waals surface area contributed by atoms with Crippen LogP contribution < -0.4 is 15.4 Å². The molecule has 6 nitrogen and oxygen atoms in total. The fourth-order valence-electron chi connectivity index (χ4n) is 3.53. The van der Waals surface area contributed by atoms with Gasteiger partial charge in [0.05, 0.1) is 7.11 Å². The van der Waals surface area contributed by atoms with Gasteiger partial charge in [0.2, 0.25) is 0 Å². The van der Waals surface area contributed by atoms with Gasteiger partial charge in [0.15, 0.2) is 5.96 Å². The summed E-state index contributed by atoms with van der Waals surface area (Å²) in [4.78, 5) is 9.49. The molecule has 3 saturated heterocycles. The normalized spacial score (nSPS) is 26.3. The lowest BCUT2D eigenvalue weighted by Crippen LogP contribution is -2.63. The molecule has 3 heterocycles. The molecule has 0 aromatic heterocycles. The highest BCUT2D eigenvalue weighted by Crippen LogP contribution is 2.19. The first-order valence-corrected chi connectivity index (χ1v) is 8.74. The van der Waals surface area contributed by atoms with Crippen LogP contribution >= 0.6 is 0 Å². The van der Waals surface area contributed by atoms with E-state index >= 15 is 0 Å². The summed E-state index contributed by atoms with van der Waals surface area (Å²) in [5, 5.41) is 6.86. The van der Waals surface area contributed by atoms with Crippen LogP contribution in [0.3, 0.4) is 0 Å². The van der Waals surface area contributed by atoms with Crippen LogP contribution in [0, 0.1) is 6.92 Å². The van der Waals surface area contributed by atoms with Crippen LogP contribution in [0.4, 0.5) is 0 Å². The quantitative estimate of drug-likeness (QED) is 0.613. The monoisotopic (exact) mass is 331 g/mol. The number of piperazine rings is 3. The first-order chi connectivity index (χ1) is 11.7. The summed E-state index contributed by atoms with van der Waals surface area (Å²) < 4.78 is 5.47. The van der Waals surface area contributed by atoms with E-state index < -0.39 is 0 Å². The molecule has 1 aromatic rings. The zero-order chi connectivity index (χ0) is 16.9. The number of nitrogens with zero attached hydrogens (tertiary/aromatic N) is 3. The standard InChI is InChI=1S/C18H29N5O/c1-14-4-5-15(17(10-14)24-3)11-20-18(19-2)21-12-16-13-22-6-8-23(16)9-7-22/h4-5,10,16H,6-9,11-13H2,1-3H3,(H2,19,20,21). The van der Waals surface area contributed by atoms with Crippen molar-refractivity contribution in [1.82, 2.24) is 20.4 Å². The number of guanidine groups is 1. The molecule has 3 fully saturated rings. The van der Waals surface area contributed by atoms with Crippen molar-refractivity contribution in [3.63, 3.8) is 0 Å². The van der Waals surface area contributed by atoms with Gasteiger partial charge in [-0.1, -0.05) is 12.1 Å². The van der Waals surface area contributed by atoms with Crippen molar-refractivity contribution in [3.8, 4) is 5.75 Å². The molecule has 2 bridgehead atoms. The molecular weight excluding hydrogens is 302 g/mol. The number of rotatable bonds is 5. The Morgan fingerprint density at radius 1 is 1.25 bits per heavy atom. The number of fused-ring (bicyclic) bond motifs is 3. The molecule has 0 spiro atoms. The maximum atomic E-state index is 5.47. The predicted octanol–water partition coefficient (Wildman–Crippen LogP) is 0.668. The van der Waals surface area contributed by atoms with Crippen molar-refractivity contribution in [2.45, 2.75) is 19.5 Å². The van der Waals surface area contributed by atoms with Crippen LogP contribution in [0.1, 0.15) is 11.1 Å². The molecule has 3 aliphatic heterocycles. The van der Waals surface area contributed by atoms with Gasteiger partial charge in [-0.15, -0.1) is 0 Å². The number of methoxy groups -OCH3 is 1. The van der Waals surface area contributed by atoms with E-state index in [1.807, 2.05) is 7.05 Å². The van der Waals surface area contributed by atoms with E-state index in [9.17, 15) is 0 Å². The number of ether oxygens (including phenoxy) is 1. The third-order valence-corrected chi connectivity index (χ3v) is 5.01. The Bertz CT molecular complexity index is 581. The summed E-state index contributed by atoms with van der Waals surface area (Å²) in [6.07, 6.45) is 0. The van der Waals surface area contributed by atoms with Crippen molar-refractivity contribution in [2.75, 3.05) is 53.4 Å². The SMILES string of the molecule is CN=C(NCc1ccc(C)cc1OC)NCC1CN2CCN1CC2. The number of aliphatic imine (C=N–C) groups is 1. The molecule has 1 unspecified atom stereocenters. The van der Waals surface area contributed by atoms with E-state index in [0.717, 1.165) is 30.4 Å². The molecule has 0 radical (unpaired) electrons. The van der Waals surface area contributed by atoms with E-state index in [4.69, 9.17) is 4.74 Å². The summed E-state index contributed by atoms with van der Waals surface area (Å²) in [5.74, 6) is 1.76. The van der Waals surface area contributed by atoms with E-state index in [1.54, 1.807) is 7.11 Å². The van der Waals surface area contributed by atoms with Crippen LogP contribution in [-0.4, -0.2) is 75.2 Å². The highest BCUT2D eigenvalue weighted by Gasteiger charge is 2.31. The second kappa shape index (κ2) is 7.85. The van der Waals surface area contributed by atoms with E-state index in [1.165, 1.54) is 31.7 Å². The Kier molecular flexibility index (Phi) is 5.58. The average molecular weight is 331 g/mol. The lowest BCUT2D eigenvalue weighted by molar-refractivity contribution is 0.0154. The summed E-state index contributed by atoms with van der Waals surface area (Å²) in [7, 11) is 3.53. The largest absolute Gasteiger partial charge is 0.496 e. The summed E-state index contributed by atoms with van der Waals surface area (Å²) >= 11 is 0. The van der Waals surface area contributed by atoms with E-state index in [0.29, 0.717) is 12.6 Å². The molecule has 6 heteroatoms. The molecule has 3 aliphatic rings. The van der Waals surface area contributed by atoms with Crippen molar-refractivity contribution >= 4 is 5.96 Å². The van der Waals surface area contributed by atoms with Crippen molar-refractivity contribution in [2.24, 2.45) is 4.99 Å². The molecule has 4 rings (SSSR count). The second-order valence-corrected chi connectivity index (χ2v) is 6.61. The van der Waals surface area contributed by atoms with Crippen molar-refractivity contribution in [3.05, 3.63) is 29.3 Å². The summed E-state index contributed by atoms with van der Waals surface area (Å²) in [6.45, 7) is 9.69. The van der Waals surface area contributed by atoms with Gasteiger partial charge in [-0.2, -0.15) is 0 Å². The van der Waals surface area contributed by atoms with E-state index in [2.05, 4.69) is 50.5 Å². The van der Waals surface area contributed by atoms with Crippen molar-refractivity contribution in [1.29, 1.82) is 0 Å². The van der Waals surface area contributed by atoms with Gasteiger partial charge in [0.25, 0.3) is 0 Å². The van der Waals surface area contributed by atoms with Crippen LogP contribution in [-0.2, 0) is 6.54 Å². The van der Waals surface area contributed by atoms with Gasteiger partial charge in [-0.3, -0.25) is 14.8 Å². The van der Waals surface area contributed by atoms with Gasteiger partial charge in [-0.25, -0.2) is 0 Å². The topological polar surface area (TPSA) is 52.1 Å². The maximum Gasteiger partial charge on any atom is 0.191 e. The molecule has 24 heavy (non-hydrogen) atoms. The van der Waals surface area contributed by atoms with E-state index in [-0.39, 0.29) is 0 Å². The van der Waals surface area contributed by atoms with Gasteiger partial charge in [0.1, 0.15) is 5.75 Å². The molecule has 0 aliphatic carbocycles. The summed E-state index contributed by atoms with van der Waals surface area (Å²) in [6, 6.07) is 6.86. The number of nitrogens with one attached hydrogen (secondary N) is 2. The average Bonchev–Trinajstić information content (AvgIpc) is 2.63. The Morgan fingerprint density at radius 3 is 2.67 bits per heavy atom. The molecule has 1 atom stereocenters. The van der Waals surface area contributed by atoms with Gasteiger partial charge >= 0.3 is 0 Å². The second-order valence-electron chi connectivity index (χ2n) is 6.61. The minimum atomic E-state index is 0.583. The highest BCUT2D eigenvalue weighted by atomic mass is 16.5. The van der Waals surface area contributed by atoms with Gasteiger partial charge < -0.3 is 15.4 Å². The molecule has 2 N–H and O–H groups in total. The number of hydrogen-bond acceptors (Lipinski definition) is 4. The van der Waals surface area contributed by atoms with Crippen LogP contribution in [0.25, 0.3) is 0 Å². The molecule has 1 aromatic carbocycles. The minimum absolute atomic E-state index is 0.583. The lowest BCUT2D eigenvalue weighted by Gasteiger charge is -2.47. The van der Waals surface area contributed by atoms with Crippen LogP contribution in [0.15, 0.2) is 23.2 Å². The van der Waals surface area contributed by atoms with Gasteiger partial charge in [-0.05, 0) is 18.6 Å². The Balaban J connectivity index is 1.50. The zero-order valence-electron chi connectivity index (χ0n) is 15.0. The van der Waals surface area contributed by atoms with Crippen LogP contribution in [0.5, 0.6) is 5.75 Å². The van der Waals surface area contributed by atoms with Crippen LogP contribution in [0.2, 0.25) is 0 Å². The Morgan fingerprint density at radius 2 is 2.04 bits per heavy atom. The first-order valence-electron chi connectivity index (χ1n) is 8.74. The fraction of sp³-hybridized carbons (Fsp3) is 0.611. The Hall–Kier alpha value is -1.79. The molecule has 132 valence electrons. The number of hydrogen-bond donors (Lipinski definition) is 2. The first kappa shape index (κ1) is 17.0. The predicted molar refractivity (Wildman–Crippen MR) is 97.7 cm³/mol. The maximum absolute atomic E-state index is 5.47. The van der Waals surface area contributed by atoms with Crippen molar-refractivity contribution < 1.29 is 4.74 Å². The Labute approximate surface area is 144 Å². The third-order valence-electron chi connectivity index (χ3n) is 5.01. The number of aryl methyl sites for hydroxylation is 1. The van der Waals surface area contributed by atoms with Gasteiger partial charge in [0, 0.05) is 64.5 Å².